The van der Waals surface area contributed by atoms with Crippen LogP contribution in [-0.4, -0.2) is 60.2 Å². The molecule has 1 saturated carbocycles. The van der Waals surface area contributed by atoms with Crippen molar-refractivity contribution in [2.24, 2.45) is 5.92 Å². The number of anilines is 1. The Morgan fingerprint density at radius 1 is 1.13 bits per heavy atom. The monoisotopic (exact) mass is 433 g/mol. The van der Waals surface area contributed by atoms with Gasteiger partial charge in [-0.3, -0.25) is 14.4 Å². The van der Waals surface area contributed by atoms with Crippen LogP contribution in [0.25, 0.3) is 0 Å². The van der Waals surface area contributed by atoms with Gasteiger partial charge in [-0.15, -0.1) is 0 Å². The molecule has 2 fully saturated rings. The average molecular weight is 434 g/mol. The smallest absolute Gasteiger partial charge is 0.323 e. The van der Waals surface area contributed by atoms with Crippen LogP contribution in [0, 0.1) is 5.92 Å². The number of nitrogens with zero attached hydrogens (tertiary/aromatic N) is 3. The van der Waals surface area contributed by atoms with Gasteiger partial charge in [0.1, 0.15) is 12.1 Å². The second-order valence-electron chi connectivity index (χ2n) is 8.86. The highest BCUT2D eigenvalue weighted by Gasteiger charge is 2.30. The number of hydroxylamine groups is 1. The number of carbonyl (C=O) groups excluding carboxylic acids is 2. The highest BCUT2D eigenvalue weighted by molar-refractivity contribution is 5.92. The van der Waals surface area contributed by atoms with E-state index in [0.29, 0.717) is 17.4 Å². The molecule has 0 unspecified atom stereocenters. The normalized spacial score (nSPS) is 18.9. The first-order valence-electron chi connectivity index (χ1n) is 11.3. The van der Waals surface area contributed by atoms with Gasteiger partial charge in [-0.05, 0) is 50.9 Å². The summed E-state index contributed by atoms with van der Waals surface area (Å²) in [7, 11) is 1.38. The summed E-state index contributed by atoms with van der Waals surface area (Å²) in [4.78, 5) is 39.9. The predicted octanol–water partition coefficient (Wildman–Crippen LogP) is 2.23. The van der Waals surface area contributed by atoms with E-state index in [1.54, 1.807) is 0 Å². The first-order chi connectivity index (χ1) is 15.0. The van der Waals surface area contributed by atoms with E-state index < -0.39 is 0 Å². The Labute approximate surface area is 184 Å². The molecule has 0 aromatic carbocycles. The van der Waals surface area contributed by atoms with Crippen molar-refractivity contribution >= 4 is 17.8 Å². The van der Waals surface area contributed by atoms with Gasteiger partial charge in [0.2, 0.25) is 5.95 Å². The largest absolute Gasteiger partial charge is 0.461 e. The number of carbonyl (C=O) groups is 2. The van der Waals surface area contributed by atoms with Gasteiger partial charge in [-0.2, -0.15) is 0 Å². The summed E-state index contributed by atoms with van der Waals surface area (Å²) in [6.07, 6.45) is 9.93. The van der Waals surface area contributed by atoms with Crippen LogP contribution in [0.2, 0.25) is 0 Å². The Balaban J connectivity index is 1.51. The Morgan fingerprint density at radius 3 is 2.35 bits per heavy atom. The van der Waals surface area contributed by atoms with Crippen LogP contribution in [0.15, 0.2) is 12.4 Å². The zero-order chi connectivity index (χ0) is 22.2. The summed E-state index contributed by atoms with van der Waals surface area (Å²) in [5.41, 5.74) is 2.60. The van der Waals surface area contributed by atoms with Crippen molar-refractivity contribution in [2.45, 2.75) is 77.0 Å². The molecule has 1 aromatic heterocycles. The summed E-state index contributed by atoms with van der Waals surface area (Å²) in [6, 6.07) is -0.00476. The molecule has 1 aromatic rings. The van der Waals surface area contributed by atoms with E-state index in [1.807, 2.05) is 0 Å². The zero-order valence-electron chi connectivity index (χ0n) is 18.8. The Hall–Kier alpha value is -2.26. The van der Waals surface area contributed by atoms with Crippen molar-refractivity contribution < 1.29 is 19.2 Å². The maximum atomic E-state index is 12.8. The van der Waals surface area contributed by atoms with E-state index in [2.05, 4.69) is 44.3 Å². The molecule has 1 atom stereocenters. The molecule has 9 nitrogen and oxygen atoms in total. The lowest BCUT2D eigenvalue weighted by molar-refractivity contribution is -0.152. The van der Waals surface area contributed by atoms with Crippen LogP contribution >= 0.6 is 0 Å². The molecule has 0 radical (unpaired) electrons. The topological polar surface area (TPSA) is 106 Å². The molecule has 2 heterocycles. The molecule has 1 saturated heterocycles. The number of piperidine rings is 1. The van der Waals surface area contributed by atoms with Gasteiger partial charge in [-0.25, -0.2) is 15.4 Å². The van der Waals surface area contributed by atoms with Crippen molar-refractivity contribution in [2.75, 3.05) is 25.1 Å². The number of hydrogen-bond donors (Lipinski definition) is 2. The summed E-state index contributed by atoms with van der Waals surface area (Å²) >= 11 is 0. The Bertz CT molecular complexity index is 713. The Kier molecular flexibility index (Phi) is 8.60. The molecule has 2 N–H and O–H groups in total. The fraction of sp³-hybridized carbons (Fsp3) is 0.727. The maximum Gasteiger partial charge on any atom is 0.323 e. The molecule has 9 heteroatoms. The molecule has 172 valence electrons. The molecular weight excluding hydrogens is 398 g/mol. The minimum Gasteiger partial charge on any atom is -0.461 e. The number of aromatic nitrogens is 2. The minimum atomic E-state index is -0.377. The number of hydrogen-bond acceptors (Lipinski definition) is 8. The first-order valence-corrected chi connectivity index (χ1v) is 11.3. The van der Waals surface area contributed by atoms with E-state index in [9.17, 15) is 9.59 Å². The van der Waals surface area contributed by atoms with E-state index in [-0.39, 0.29) is 30.1 Å². The summed E-state index contributed by atoms with van der Waals surface area (Å²) in [5, 5.41) is 3.56. The second kappa shape index (κ2) is 11.4. The number of rotatable bonds is 9. The molecule has 3 rings (SSSR count). The van der Waals surface area contributed by atoms with Gasteiger partial charge in [0, 0.05) is 31.5 Å². The third-order valence-electron chi connectivity index (χ3n) is 5.89. The maximum absolute atomic E-state index is 12.8. The van der Waals surface area contributed by atoms with Crippen LogP contribution in [0.1, 0.15) is 69.2 Å². The van der Waals surface area contributed by atoms with Crippen LogP contribution < -0.4 is 15.7 Å². The number of ether oxygens (including phenoxy) is 1. The van der Waals surface area contributed by atoms with E-state index in [1.165, 1.54) is 19.5 Å². The van der Waals surface area contributed by atoms with Crippen molar-refractivity contribution in [1.82, 2.24) is 20.8 Å². The van der Waals surface area contributed by atoms with Gasteiger partial charge in [0.15, 0.2) is 0 Å². The van der Waals surface area contributed by atoms with Gasteiger partial charge in [0.05, 0.1) is 12.7 Å². The molecule has 1 aliphatic carbocycles. The predicted molar refractivity (Wildman–Crippen MR) is 116 cm³/mol. The summed E-state index contributed by atoms with van der Waals surface area (Å²) < 4.78 is 5.78. The third kappa shape index (κ3) is 6.87. The van der Waals surface area contributed by atoms with Gasteiger partial charge >= 0.3 is 5.97 Å². The van der Waals surface area contributed by atoms with Crippen LogP contribution in [0.5, 0.6) is 0 Å². The molecule has 2 aliphatic rings. The van der Waals surface area contributed by atoms with Gasteiger partial charge in [-0.1, -0.05) is 13.8 Å². The second-order valence-corrected chi connectivity index (χ2v) is 8.86. The average Bonchev–Trinajstić information content (AvgIpc) is 3.27. The van der Waals surface area contributed by atoms with E-state index >= 15 is 0 Å². The molecular formula is C22H35N5O4. The fourth-order valence-corrected chi connectivity index (χ4v) is 4.24. The zero-order valence-corrected chi connectivity index (χ0v) is 18.8. The lowest BCUT2D eigenvalue weighted by atomic mass is 9.99. The number of amides is 1. The van der Waals surface area contributed by atoms with Crippen molar-refractivity contribution in [1.29, 1.82) is 0 Å². The molecule has 1 aliphatic heterocycles. The third-order valence-corrected chi connectivity index (χ3v) is 5.89. The van der Waals surface area contributed by atoms with Crippen LogP contribution in [-0.2, 0) is 14.4 Å². The molecule has 1 amide bonds. The number of nitrogens with one attached hydrogen (secondary N) is 2. The standard InChI is InChI=1S/C22H35N5O4/c1-15(2)12-19(21(29)31-18-6-4-5-7-18)25-17-8-10-27(11-9-17)22-23-13-16(14-24-22)20(28)26-30-3/h13-15,17-19,25H,4-12H2,1-3H3,(H,26,28)/t19-/m0/s1. The lowest BCUT2D eigenvalue weighted by Crippen LogP contribution is -2.50. The fourth-order valence-electron chi connectivity index (χ4n) is 4.24. The molecule has 0 spiro atoms. The summed E-state index contributed by atoms with van der Waals surface area (Å²) in [6.45, 7) is 5.84. The minimum absolute atomic E-state index is 0.0944. The highest BCUT2D eigenvalue weighted by atomic mass is 16.6. The SMILES string of the molecule is CONC(=O)c1cnc(N2CCC(N[C@@H](CC(C)C)C(=O)OC3CCCC3)CC2)nc1. The van der Waals surface area contributed by atoms with Crippen molar-refractivity contribution in [3.05, 3.63) is 18.0 Å². The van der Waals surface area contributed by atoms with Gasteiger partial charge < -0.3 is 15.0 Å². The quantitative estimate of drug-likeness (QED) is 0.451. The highest BCUT2D eigenvalue weighted by Crippen LogP contribution is 2.23. The van der Waals surface area contributed by atoms with E-state index in [4.69, 9.17) is 4.74 Å². The van der Waals surface area contributed by atoms with Crippen molar-refractivity contribution in [3.8, 4) is 0 Å². The Morgan fingerprint density at radius 2 is 1.77 bits per heavy atom. The van der Waals surface area contributed by atoms with Gasteiger partial charge in [0.25, 0.3) is 5.91 Å². The number of esters is 1. The van der Waals surface area contributed by atoms with Crippen LogP contribution in [0.3, 0.4) is 0 Å². The molecule has 31 heavy (non-hydrogen) atoms. The summed E-state index contributed by atoms with van der Waals surface area (Å²) in [5.74, 6) is 0.539. The molecule has 0 bridgehead atoms. The first kappa shape index (κ1) is 23.4. The van der Waals surface area contributed by atoms with Crippen molar-refractivity contribution in [3.63, 3.8) is 0 Å². The van der Waals surface area contributed by atoms with E-state index in [0.717, 1.165) is 58.0 Å². The van der Waals surface area contributed by atoms with Crippen LogP contribution in [0.4, 0.5) is 5.95 Å². The lowest BCUT2D eigenvalue weighted by Gasteiger charge is -2.34.